The van der Waals surface area contributed by atoms with Gasteiger partial charge in [-0.2, -0.15) is 5.26 Å². The number of carbonyl (C=O) groups is 1. The zero-order chi connectivity index (χ0) is 10.8. The Bertz CT molecular complexity index is 433. The summed E-state index contributed by atoms with van der Waals surface area (Å²) >= 11 is 0. The van der Waals surface area contributed by atoms with Crippen LogP contribution in [0.1, 0.15) is 24.8 Å². The number of carbonyl (C=O) groups excluding carboxylic acids is 1. The molecule has 0 fully saturated rings. The molecular weight excluding hydrogens is 190 g/mol. The molecule has 0 N–H and O–H groups in total. The Morgan fingerprint density at radius 1 is 1.47 bits per heavy atom. The van der Waals surface area contributed by atoms with E-state index in [0.29, 0.717) is 12.2 Å². The lowest BCUT2D eigenvalue weighted by Gasteiger charge is -2.27. The highest BCUT2D eigenvalue weighted by Gasteiger charge is 2.33. The van der Waals surface area contributed by atoms with Crippen molar-refractivity contribution in [2.45, 2.75) is 19.3 Å². The van der Waals surface area contributed by atoms with Gasteiger partial charge in [-0.3, -0.25) is 4.79 Å². The van der Waals surface area contributed by atoms with Gasteiger partial charge in [0.15, 0.2) is 0 Å². The Morgan fingerprint density at radius 3 is 2.93 bits per heavy atom. The summed E-state index contributed by atoms with van der Waals surface area (Å²) in [6, 6.07) is 9.53. The molecule has 15 heavy (non-hydrogen) atoms. The summed E-state index contributed by atoms with van der Waals surface area (Å²) in [7, 11) is 0. The fourth-order valence-corrected chi connectivity index (χ4v) is 1.90. The maximum absolute atomic E-state index is 11.5. The third-order valence-corrected chi connectivity index (χ3v) is 2.82. The van der Waals surface area contributed by atoms with Gasteiger partial charge in [-0.15, -0.1) is 0 Å². The van der Waals surface area contributed by atoms with E-state index in [1.54, 1.807) is 13.0 Å². The molecule has 1 aromatic rings. The van der Waals surface area contributed by atoms with Crippen LogP contribution < -0.4 is 4.74 Å². The highest BCUT2D eigenvalue weighted by molar-refractivity contribution is 5.78. The van der Waals surface area contributed by atoms with E-state index in [9.17, 15) is 4.79 Å². The van der Waals surface area contributed by atoms with Crippen molar-refractivity contribution in [3.05, 3.63) is 29.8 Å². The molecule has 0 spiro atoms. The number of nitrogens with zero attached hydrogens (tertiary/aromatic N) is 1. The van der Waals surface area contributed by atoms with Crippen LogP contribution in [0.25, 0.3) is 0 Å². The average molecular weight is 201 g/mol. The number of para-hydroxylation sites is 1. The van der Waals surface area contributed by atoms with Crippen LogP contribution in [0.5, 0.6) is 5.75 Å². The van der Waals surface area contributed by atoms with Crippen molar-refractivity contribution in [3.8, 4) is 11.8 Å². The fraction of sp³-hybridized carbons (Fsp3) is 0.333. The maximum atomic E-state index is 11.5. The molecule has 3 nitrogen and oxygen atoms in total. The van der Waals surface area contributed by atoms with Crippen LogP contribution >= 0.6 is 0 Å². The molecule has 0 amide bonds. The molecule has 0 aliphatic carbocycles. The van der Waals surface area contributed by atoms with E-state index in [1.807, 2.05) is 18.2 Å². The number of benzene rings is 1. The van der Waals surface area contributed by atoms with Crippen LogP contribution in [0.4, 0.5) is 0 Å². The number of ether oxygens (including phenoxy) is 1. The number of hydrogen-bond acceptors (Lipinski definition) is 3. The van der Waals surface area contributed by atoms with Crippen LogP contribution in [-0.2, 0) is 4.79 Å². The topological polar surface area (TPSA) is 50.1 Å². The average Bonchev–Trinajstić information content (AvgIpc) is 2.25. The van der Waals surface area contributed by atoms with Gasteiger partial charge in [0.25, 0.3) is 0 Å². The molecule has 1 aromatic carbocycles. The van der Waals surface area contributed by atoms with E-state index < -0.39 is 0 Å². The molecule has 0 radical (unpaired) electrons. The second kappa shape index (κ2) is 3.74. The summed E-state index contributed by atoms with van der Waals surface area (Å²) in [6.45, 7) is 1.81. The standard InChI is InChI=1S/C12H11NO2/c1-8-9(6-7-13)10-4-2-3-5-11(10)15-12(8)14/h2-5,8-9H,6H2,1H3. The normalized spacial score (nSPS) is 23.9. The second-order valence-electron chi connectivity index (χ2n) is 3.72. The lowest BCUT2D eigenvalue weighted by atomic mass is 9.83. The van der Waals surface area contributed by atoms with Gasteiger partial charge in [-0.25, -0.2) is 0 Å². The summed E-state index contributed by atoms with van der Waals surface area (Å²) < 4.78 is 5.17. The predicted octanol–water partition coefficient (Wildman–Crippen LogP) is 2.24. The van der Waals surface area contributed by atoms with E-state index in [1.165, 1.54) is 0 Å². The van der Waals surface area contributed by atoms with Crippen molar-refractivity contribution in [2.24, 2.45) is 5.92 Å². The van der Waals surface area contributed by atoms with Crippen LogP contribution in [-0.4, -0.2) is 5.97 Å². The van der Waals surface area contributed by atoms with Crippen LogP contribution in [0.15, 0.2) is 24.3 Å². The first-order valence-electron chi connectivity index (χ1n) is 4.91. The van der Waals surface area contributed by atoms with Crippen molar-refractivity contribution in [1.29, 1.82) is 5.26 Å². The van der Waals surface area contributed by atoms with E-state index in [-0.39, 0.29) is 17.8 Å². The molecule has 0 aromatic heterocycles. The van der Waals surface area contributed by atoms with Gasteiger partial charge in [0, 0.05) is 12.3 Å². The summed E-state index contributed by atoms with van der Waals surface area (Å²) in [6.07, 6.45) is 0.354. The first kappa shape index (κ1) is 9.72. The summed E-state index contributed by atoms with van der Waals surface area (Å²) in [5.41, 5.74) is 0.964. The van der Waals surface area contributed by atoms with E-state index in [4.69, 9.17) is 10.00 Å². The van der Waals surface area contributed by atoms with Crippen LogP contribution in [0.3, 0.4) is 0 Å². The summed E-state index contributed by atoms with van der Waals surface area (Å²) in [5.74, 6) is 0.0850. The van der Waals surface area contributed by atoms with Crippen LogP contribution in [0.2, 0.25) is 0 Å². The zero-order valence-electron chi connectivity index (χ0n) is 8.43. The monoisotopic (exact) mass is 201 g/mol. The molecule has 0 saturated heterocycles. The van der Waals surface area contributed by atoms with E-state index in [0.717, 1.165) is 5.56 Å². The van der Waals surface area contributed by atoms with Gasteiger partial charge in [0.1, 0.15) is 5.75 Å². The van der Waals surface area contributed by atoms with Crippen molar-refractivity contribution in [1.82, 2.24) is 0 Å². The molecule has 0 bridgehead atoms. The van der Waals surface area contributed by atoms with Gasteiger partial charge < -0.3 is 4.74 Å². The lowest BCUT2D eigenvalue weighted by molar-refractivity contribution is -0.140. The van der Waals surface area contributed by atoms with Gasteiger partial charge in [-0.1, -0.05) is 25.1 Å². The first-order chi connectivity index (χ1) is 7.24. The van der Waals surface area contributed by atoms with Crippen molar-refractivity contribution in [2.75, 3.05) is 0 Å². The van der Waals surface area contributed by atoms with Crippen molar-refractivity contribution < 1.29 is 9.53 Å². The lowest BCUT2D eigenvalue weighted by Crippen LogP contribution is -2.29. The van der Waals surface area contributed by atoms with Crippen molar-refractivity contribution in [3.63, 3.8) is 0 Å². The Hall–Kier alpha value is -1.82. The largest absolute Gasteiger partial charge is 0.426 e. The Morgan fingerprint density at radius 2 is 2.20 bits per heavy atom. The third kappa shape index (κ3) is 1.59. The highest BCUT2D eigenvalue weighted by atomic mass is 16.5. The molecule has 1 heterocycles. The third-order valence-electron chi connectivity index (χ3n) is 2.82. The summed E-state index contributed by atoms with van der Waals surface area (Å²) in [4.78, 5) is 11.5. The minimum Gasteiger partial charge on any atom is -0.426 e. The van der Waals surface area contributed by atoms with Gasteiger partial charge >= 0.3 is 5.97 Å². The minimum absolute atomic E-state index is 0.0348. The van der Waals surface area contributed by atoms with E-state index >= 15 is 0 Å². The quantitative estimate of drug-likeness (QED) is 0.517. The SMILES string of the molecule is CC1C(=O)Oc2ccccc2C1CC#N. The Labute approximate surface area is 88.3 Å². The van der Waals surface area contributed by atoms with Gasteiger partial charge in [0.05, 0.1) is 12.0 Å². The maximum Gasteiger partial charge on any atom is 0.314 e. The zero-order valence-corrected chi connectivity index (χ0v) is 8.43. The number of esters is 1. The molecule has 2 rings (SSSR count). The Kier molecular flexibility index (Phi) is 2.42. The number of fused-ring (bicyclic) bond motifs is 1. The van der Waals surface area contributed by atoms with E-state index in [2.05, 4.69) is 6.07 Å². The van der Waals surface area contributed by atoms with Crippen LogP contribution in [0, 0.1) is 17.2 Å². The van der Waals surface area contributed by atoms with Gasteiger partial charge in [-0.05, 0) is 11.6 Å². The van der Waals surface area contributed by atoms with Gasteiger partial charge in [0.2, 0.25) is 0 Å². The Balaban J connectivity index is 2.45. The predicted molar refractivity (Wildman–Crippen MR) is 54.2 cm³/mol. The molecule has 2 unspecified atom stereocenters. The molecule has 1 aliphatic heterocycles. The first-order valence-corrected chi connectivity index (χ1v) is 4.91. The number of nitriles is 1. The fourth-order valence-electron chi connectivity index (χ4n) is 1.90. The molecular formula is C12H11NO2. The number of hydrogen-bond donors (Lipinski definition) is 0. The number of rotatable bonds is 1. The smallest absolute Gasteiger partial charge is 0.314 e. The highest BCUT2D eigenvalue weighted by Crippen LogP contribution is 2.39. The molecule has 2 atom stereocenters. The second-order valence-corrected chi connectivity index (χ2v) is 3.72. The van der Waals surface area contributed by atoms with Crippen molar-refractivity contribution >= 4 is 5.97 Å². The molecule has 1 aliphatic rings. The molecule has 0 saturated carbocycles. The molecule has 76 valence electrons. The molecule has 3 heteroatoms. The minimum atomic E-state index is -0.242. The summed E-state index contributed by atoms with van der Waals surface area (Å²) in [5, 5.41) is 8.75.